The first-order chi connectivity index (χ1) is 49.9. The molecule has 0 saturated heterocycles. The van der Waals surface area contributed by atoms with Crippen molar-refractivity contribution in [2.24, 2.45) is 439 Å². The van der Waals surface area contributed by atoms with Crippen LogP contribution < -0.4 is 5.73 Å². The fourth-order valence-electron chi connectivity index (χ4n) is 50.4. The molecule has 35 fully saturated rings. The summed E-state index contributed by atoms with van der Waals surface area (Å²) < 4.78 is 0. The molecule has 39 aliphatic rings. The molecule has 67 unspecified atom stereocenters. The predicted octanol–water partition coefficient (Wildman–Crippen LogP) is 17.3. The van der Waals surface area contributed by atoms with Crippen LogP contribution in [0.25, 0.3) is 0 Å². The zero-order chi connectivity index (χ0) is 66.1. The van der Waals surface area contributed by atoms with Crippen LogP contribution in [0.1, 0.15) is 117 Å². The molecule has 0 aromatic carbocycles. The summed E-state index contributed by atoms with van der Waals surface area (Å²) in [5.74, 6) is 73.0. The molecule has 2 N–H and O–H groups in total. The minimum atomic E-state index is 0.329. The Kier molecular flexibility index (Phi) is 6.51. The average molecular weight is 1360 g/mol. The Balaban J connectivity index is 0.251. The third-order valence-corrected chi connectivity index (χ3v) is 54.5. The van der Waals surface area contributed by atoms with Crippen molar-refractivity contribution >= 4 is 0 Å². The monoisotopic (exact) mass is 1360 g/mol. The molecule has 103 heavy (non-hydrogen) atoms. The zero-order valence-corrected chi connectivity index (χ0v) is 64.6. The molecule has 1 nitrogen and oxygen atoms in total. The van der Waals surface area contributed by atoms with Gasteiger partial charge in [-0.3, -0.25) is 0 Å². The van der Waals surface area contributed by atoms with E-state index in [2.05, 4.69) is 121 Å². The number of fused-ring (bicyclic) bond motifs is 13. The van der Waals surface area contributed by atoms with Crippen molar-refractivity contribution in [2.45, 2.75) is 122 Å². The Morgan fingerprint density at radius 2 is 0.796 bits per heavy atom. The van der Waals surface area contributed by atoms with Crippen LogP contribution in [0.2, 0.25) is 0 Å². The lowest BCUT2D eigenvalue weighted by Crippen LogP contribution is -2.37. The summed E-state index contributed by atoms with van der Waals surface area (Å²) in [7, 11) is 0. The number of allylic oxidation sites excluding steroid dienone is 6. The second-order valence-corrected chi connectivity index (χ2v) is 53.4. The quantitative estimate of drug-likeness (QED) is 0.0563. The Labute approximate surface area is 614 Å². The average Bonchev–Trinajstić information content (AvgIpc) is 1.32. The molecule has 0 amide bonds. The molecule has 0 bridgehead atoms. The normalized spacial score (nSPS) is 83.7. The van der Waals surface area contributed by atoms with Gasteiger partial charge in [0.15, 0.2) is 0 Å². The topological polar surface area (TPSA) is 26.0 Å². The Morgan fingerprint density at radius 1 is 0.388 bits per heavy atom. The fourth-order valence-corrected chi connectivity index (χ4v) is 50.4. The van der Waals surface area contributed by atoms with Crippen LogP contribution in [-0.2, 0) is 0 Å². The van der Waals surface area contributed by atoms with E-state index in [9.17, 15) is 0 Å². The van der Waals surface area contributed by atoms with E-state index in [1.54, 1.807) is 28.7 Å². The molecule has 0 aromatic heterocycles. The summed E-state index contributed by atoms with van der Waals surface area (Å²) in [5, 5.41) is 0. The maximum Gasteiger partial charge on any atom is 0.0349 e. The Morgan fingerprint density at radius 3 is 1.26 bits per heavy atom. The lowest BCUT2D eigenvalue weighted by Gasteiger charge is -2.25. The Hall–Kier alpha value is -1.52. The maximum absolute atomic E-state index is 7.53. The van der Waals surface area contributed by atoms with E-state index in [0.29, 0.717) is 11.0 Å². The van der Waals surface area contributed by atoms with E-state index in [4.69, 9.17) is 5.73 Å². The van der Waals surface area contributed by atoms with Crippen LogP contribution in [0.5, 0.6) is 0 Å². The fraction of sp³-hybridized carbons (Fsp3) is 0.902. The lowest BCUT2D eigenvalue weighted by atomic mass is 9.79. The first-order valence-corrected chi connectivity index (χ1v) is 48.1. The van der Waals surface area contributed by atoms with E-state index >= 15 is 0 Å². The SMILES string of the molecule is CCC1=C(C(C)C2C3C4C(C(C)C5C6C7C(C(C)C8C9C%10C(C(C)C%11C(C(C)C)[C@@H]%11CC(C)C%11C%12C(C%13C%14C(C%15C%16C(C(C)C%17C%18C%19C(C(C)C%20C%21C%22C(C(C)C%23C%24C%25C(C%26=C=C%26C)C%23%25%24)C%20%22%21)C%17%18%19)C%16%15)C%14%13)[C@H]%11%12)C8%109)C567)C234)C1C1=C=C1C(C)C1C2C3C(C(C)C4C5C6C(C7(N)C8C9C(C(C)C%10C%11=CC%11%10)[C@@]987)C456)C123. The van der Waals surface area contributed by atoms with Crippen molar-refractivity contribution in [3.8, 4) is 0 Å². The van der Waals surface area contributed by atoms with Gasteiger partial charge in [0.25, 0.3) is 0 Å². The van der Waals surface area contributed by atoms with Gasteiger partial charge in [-0.1, -0.05) is 120 Å². The highest BCUT2D eigenvalue weighted by molar-refractivity contribution is 5.71. The van der Waals surface area contributed by atoms with Gasteiger partial charge in [-0.05, 0) is 430 Å². The summed E-state index contributed by atoms with van der Waals surface area (Å²) in [4.78, 5) is 0. The van der Waals surface area contributed by atoms with Crippen molar-refractivity contribution < 1.29 is 0 Å². The van der Waals surface area contributed by atoms with E-state index in [0.717, 1.165) is 262 Å². The first-order valence-electron chi connectivity index (χ1n) is 48.1. The molecule has 0 heterocycles. The van der Waals surface area contributed by atoms with Crippen LogP contribution >= 0.6 is 0 Å². The number of hydrogen-bond acceptors (Lipinski definition) is 1. The van der Waals surface area contributed by atoms with E-state index in [1.807, 2.05) is 16.7 Å². The van der Waals surface area contributed by atoms with E-state index in [1.165, 1.54) is 172 Å². The summed E-state index contributed by atoms with van der Waals surface area (Å²) in [6.07, 6.45) is 5.46. The number of hydrogen-bond donors (Lipinski definition) is 1. The van der Waals surface area contributed by atoms with Crippen molar-refractivity contribution in [3.05, 3.63) is 56.6 Å². The third-order valence-electron chi connectivity index (χ3n) is 54.5. The second-order valence-electron chi connectivity index (χ2n) is 53.4. The second kappa shape index (κ2) is 12.7. The largest absolute Gasteiger partial charge is 0.324 e. The van der Waals surface area contributed by atoms with Crippen LogP contribution in [0, 0.1) is 433 Å². The van der Waals surface area contributed by atoms with Crippen LogP contribution in [-0.4, -0.2) is 5.54 Å². The predicted molar refractivity (Wildman–Crippen MR) is 386 cm³/mol. The number of rotatable bonds is 30. The van der Waals surface area contributed by atoms with Gasteiger partial charge >= 0.3 is 0 Å². The zero-order valence-electron chi connectivity index (χ0n) is 64.6. The standard InChI is InChI=1S/C102H117N/c1-16-34-44(47(34)37-19-36(37)24(6)58-74-78-69(93(58,74)78)33(15)71-87-89-91(100(71,87)89)102(103)92-90-72(101(90,92)102)25(7)43-38-20-39(38)43)26(8)59-75-79-62(94(59,75)79)29(11)65-82-83-66(97(65,82)83)30(12)63-80-76-60(95(63,76)80)27(9)45-40(41(45)21(2)3)18-23(5)42-48-49(42)52(48)54-56-55(57(54)56)53-50-46(51(50)53)28(10)61-77-81-64(96(61,77)81)31(13)67-84-85-68(98(67,84)85)32(14)70-86-88-73(99(70,86)88)35-17-22(35)4/h20-21,23-33,38,40-43,45-92H,16,18,103H2,1-15H3/t23?,24?,25?,26?,27?,28?,29?,30?,31?,32?,33?,38?,40-,41?,42?,43?,45?,46?,47?,48+,49?,50?,51?,52?,53?,54?,55?,56?,57?,58?,59?,60?,61?,62?,63?,64?,65?,66?,67?,68?,69?,70?,71?,72?,73?,74?,75?,76?,77?,78?,79?,80?,81?,82?,83?,84?,85?,86?,87?,88?,89?,90?,91?,92?,93?,94?,95?,96?,97?,98?,99?,100?,101+,102?/m0/s1. The van der Waals surface area contributed by atoms with Crippen molar-refractivity contribution in [3.63, 3.8) is 0 Å². The van der Waals surface area contributed by atoms with Crippen LogP contribution in [0.3, 0.4) is 0 Å². The molecule has 530 valence electrons. The van der Waals surface area contributed by atoms with Gasteiger partial charge in [0.1, 0.15) is 0 Å². The van der Waals surface area contributed by atoms with Crippen LogP contribution in [0.4, 0.5) is 0 Å². The highest BCUT2D eigenvalue weighted by atomic mass is 15.3. The Bertz CT molecular complexity index is 5020. The summed E-state index contributed by atoms with van der Waals surface area (Å²) in [6.45, 7) is 40.6. The smallest absolute Gasteiger partial charge is 0.0349 e. The number of nitrogens with two attached hydrogens (primary N) is 1. The highest BCUT2D eigenvalue weighted by Gasteiger charge is 3.20. The maximum atomic E-state index is 7.53. The van der Waals surface area contributed by atoms with Crippen molar-refractivity contribution in [1.82, 2.24) is 0 Å². The van der Waals surface area contributed by atoms with Gasteiger partial charge < -0.3 is 5.73 Å². The third kappa shape index (κ3) is 4.20. The molecular formula is C102H117N. The molecule has 0 radical (unpaired) electrons. The van der Waals surface area contributed by atoms with E-state index < -0.39 is 0 Å². The van der Waals surface area contributed by atoms with Gasteiger partial charge in [0.2, 0.25) is 0 Å². The van der Waals surface area contributed by atoms with Crippen LogP contribution in [0.15, 0.2) is 56.6 Å². The van der Waals surface area contributed by atoms with Gasteiger partial charge in [0.05, 0.1) is 0 Å². The molecule has 0 aliphatic heterocycles. The summed E-state index contributed by atoms with van der Waals surface area (Å²) in [6, 6.07) is 0. The van der Waals surface area contributed by atoms with Crippen molar-refractivity contribution in [1.29, 1.82) is 0 Å². The molecule has 39 rings (SSSR count). The molecule has 0 aromatic rings. The molecule has 39 aliphatic carbocycles. The molecule has 1 heteroatoms. The molecular weight excluding hydrogens is 1240 g/mol. The van der Waals surface area contributed by atoms with Gasteiger partial charge in [-0.2, -0.15) is 0 Å². The summed E-state index contributed by atoms with van der Waals surface area (Å²) >= 11 is 0. The van der Waals surface area contributed by atoms with Gasteiger partial charge in [-0.25, -0.2) is 0 Å². The van der Waals surface area contributed by atoms with E-state index in [-0.39, 0.29) is 0 Å². The molecule has 70 atom stereocenters. The molecule has 9 spiro atoms. The summed E-state index contributed by atoms with van der Waals surface area (Å²) in [5.41, 5.74) is 35.8. The first kappa shape index (κ1) is 52.7. The van der Waals surface area contributed by atoms with Crippen molar-refractivity contribution in [2.75, 3.05) is 0 Å². The highest BCUT2D eigenvalue weighted by Crippen LogP contribution is 3.20. The minimum Gasteiger partial charge on any atom is -0.324 e. The minimum absolute atomic E-state index is 0.329. The van der Waals surface area contributed by atoms with Gasteiger partial charge in [0, 0.05) is 51.0 Å². The molecule has 35 saturated carbocycles. The van der Waals surface area contributed by atoms with Gasteiger partial charge in [-0.15, -0.1) is 11.5 Å². The lowest BCUT2D eigenvalue weighted by molar-refractivity contribution is 0.215.